The number of nitrogens with one attached hydrogen (secondary N) is 5. The maximum atomic E-state index is 14.0. The zero-order chi connectivity index (χ0) is 40.0. The maximum absolute atomic E-state index is 14.0. The highest BCUT2D eigenvalue weighted by molar-refractivity contribution is 7.10. The fourth-order valence-electron chi connectivity index (χ4n) is 6.28. The van der Waals surface area contributed by atoms with Crippen LogP contribution in [0.15, 0.2) is 46.1 Å². The van der Waals surface area contributed by atoms with Gasteiger partial charge >= 0.3 is 0 Å². The highest BCUT2D eigenvalue weighted by Crippen LogP contribution is 2.26. The van der Waals surface area contributed by atoms with E-state index in [0.717, 1.165) is 16.9 Å². The van der Waals surface area contributed by atoms with Gasteiger partial charge < -0.3 is 36.4 Å². The van der Waals surface area contributed by atoms with E-state index in [1.165, 1.54) is 18.3 Å². The van der Waals surface area contributed by atoms with Crippen molar-refractivity contribution >= 4 is 58.1 Å². The minimum Gasteiger partial charge on any atom is -0.474 e. The van der Waals surface area contributed by atoms with E-state index in [9.17, 15) is 29.1 Å². The number of hydrogen-bond donors (Lipinski definition) is 6. The Morgan fingerprint density at radius 1 is 0.764 bits per heavy atom. The van der Waals surface area contributed by atoms with Crippen LogP contribution in [0.2, 0.25) is 0 Å². The van der Waals surface area contributed by atoms with E-state index in [1.54, 1.807) is 31.5 Å². The number of benzene rings is 1. The van der Waals surface area contributed by atoms with Gasteiger partial charge in [0.15, 0.2) is 6.04 Å². The lowest BCUT2D eigenvalue weighted by Crippen LogP contribution is -2.58. The quantitative estimate of drug-likeness (QED) is 0.207. The van der Waals surface area contributed by atoms with Crippen molar-refractivity contribution in [1.82, 2.24) is 36.6 Å². The third-order valence-corrected chi connectivity index (χ3v) is 11.6. The van der Waals surface area contributed by atoms with Crippen LogP contribution in [-0.4, -0.2) is 86.9 Å². The number of amides is 5. The Hall–Kier alpha value is -4.74. The molecule has 6 N–H and O–H groups in total. The second-order valence-corrected chi connectivity index (χ2v) is 16.4. The number of hydrogen-bond acceptors (Lipinski definition) is 12. The Bertz CT molecular complexity index is 1880. The Morgan fingerprint density at radius 2 is 1.38 bits per heavy atom. The number of thiazole rings is 2. The van der Waals surface area contributed by atoms with Crippen LogP contribution in [-0.2, 0) is 25.5 Å². The second-order valence-electron chi connectivity index (χ2n) is 14.6. The molecule has 6 bridgehead atoms. The lowest BCUT2D eigenvalue weighted by atomic mass is 9.97. The smallest absolute Gasteiger partial charge is 0.271 e. The molecule has 0 saturated carbocycles. The zero-order valence-corrected chi connectivity index (χ0v) is 33.6. The molecule has 1 unspecified atom stereocenters. The predicted molar refractivity (Wildman–Crippen MR) is 209 cm³/mol. The predicted octanol–water partition coefficient (Wildman–Crippen LogP) is 3.23. The van der Waals surface area contributed by atoms with Gasteiger partial charge in [0.05, 0.1) is 18.2 Å². The van der Waals surface area contributed by atoms with E-state index < -0.39 is 78.0 Å². The van der Waals surface area contributed by atoms with Crippen molar-refractivity contribution in [1.29, 1.82) is 0 Å². The molecule has 0 aliphatic carbocycles. The van der Waals surface area contributed by atoms with Gasteiger partial charge in [-0.1, -0.05) is 64.4 Å². The lowest BCUT2D eigenvalue weighted by Gasteiger charge is -2.28. The van der Waals surface area contributed by atoms with E-state index in [1.807, 2.05) is 51.1 Å². The van der Waals surface area contributed by atoms with Crippen LogP contribution in [0, 0.1) is 11.8 Å². The molecule has 296 valence electrons. The minimum absolute atomic E-state index is 0.0504. The maximum Gasteiger partial charge on any atom is 0.271 e. The van der Waals surface area contributed by atoms with E-state index in [2.05, 4.69) is 41.5 Å². The van der Waals surface area contributed by atoms with Crippen molar-refractivity contribution in [3.8, 4) is 0 Å². The number of aliphatic imine (C=N–C) groups is 1. The molecule has 4 heterocycles. The average Bonchev–Trinajstić information content (AvgIpc) is 3.92. The van der Waals surface area contributed by atoms with Gasteiger partial charge in [-0.3, -0.25) is 24.0 Å². The first-order valence-electron chi connectivity index (χ1n) is 18.5. The Kier molecular flexibility index (Phi) is 13.8. The molecule has 3 aromatic rings. The van der Waals surface area contributed by atoms with E-state index >= 15 is 0 Å². The normalized spacial score (nSPS) is 26.7. The van der Waals surface area contributed by atoms with Crippen molar-refractivity contribution in [2.45, 2.75) is 116 Å². The van der Waals surface area contributed by atoms with Crippen molar-refractivity contribution in [3.63, 3.8) is 0 Å². The van der Waals surface area contributed by atoms with Gasteiger partial charge in [-0.2, -0.15) is 0 Å². The summed E-state index contributed by atoms with van der Waals surface area (Å²) in [6, 6.07) is 4.17. The van der Waals surface area contributed by atoms with Gasteiger partial charge in [0.2, 0.25) is 23.6 Å². The first kappa shape index (κ1) is 41.4. The van der Waals surface area contributed by atoms with Crippen molar-refractivity contribution < 1.29 is 33.8 Å². The van der Waals surface area contributed by atoms with Gasteiger partial charge in [0.1, 0.15) is 45.6 Å². The molecule has 55 heavy (non-hydrogen) atoms. The molecular weight excluding hydrogens is 745 g/mol. The topological polar surface area (TPSA) is 213 Å². The van der Waals surface area contributed by atoms with Crippen molar-refractivity contribution in [2.24, 2.45) is 16.8 Å². The SMILES string of the molecule is CCC(C)[C@@H]1NC(=O)c2csc(n2)[C@@H](Cc2ccccc2)NC(=O)[C@H]2N=C(O[C@@H]2C)[C@H](CC(C)C)NC(=O)c2csc(n2)[C@@H](C)NC(=O)[C@H]([C@H](C)O)NC1=O. The Balaban J connectivity index is 1.53. The monoisotopic (exact) mass is 794 g/mol. The van der Waals surface area contributed by atoms with Crippen LogP contribution in [0.3, 0.4) is 0 Å². The lowest BCUT2D eigenvalue weighted by molar-refractivity contribution is -0.133. The summed E-state index contributed by atoms with van der Waals surface area (Å²) >= 11 is 2.35. The fourth-order valence-corrected chi connectivity index (χ4v) is 7.93. The summed E-state index contributed by atoms with van der Waals surface area (Å²) in [7, 11) is 0. The summed E-state index contributed by atoms with van der Waals surface area (Å²) in [5, 5.41) is 28.9. The highest BCUT2D eigenvalue weighted by Gasteiger charge is 2.39. The standard InChI is InChI=1S/C38H50N8O7S2/c1-8-19(4)28-33(50)45-29(21(6)47)34(51)39-20(5)37-42-26(16-54-37)31(48)40-24(14-18(2)3)36-46-30(22(7)53-36)35(52)41-25(15-23-12-10-9-11-13-23)38-43-27(17-55-38)32(49)44-28/h9-13,16-22,24-25,28-30,47H,8,14-15H2,1-7H3,(H,39,51)(H,40,48)(H,41,52)(H,44,49)(H,45,50)/t19?,20-,21+,22-,24+,25-,28+,29+,30+/m1/s1. The van der Waals surface area contributed by atoms with Crippen LogP contribution in [0.4, 0.5) is 0 Å². The molecule has 2 aliphatic heterocycles. The first-order chi connectivity index (χ1) is 26.1. The van der Waals surface area contributed by atoms with Gasteiger partial charge in [-0.15, -0.1) is 22.7 Å². The van der Waals surface area contributed by atoms with Gasteiger partial charge in [-0.05, 0) is 51.0 Å². The number of nitrogens with zero attached hydrogens (tertiary/aromatic N) is 3. The molecule has 2 aliphatic rings. The van der Waals surface area contributed by atoms with Gasteiger partial charge in [0.25, 0.3) is 11.8 Å². The second kappa shape index (κ2) is 18.3. The molecule has 5 rings (SSSR count). The number of aliphatic hydroxyl groups excluding tert-OH is 1. The zero-order valence-electron chi connectivity index (χ0n) is 32.0. The Labute approximate surface area is 328 Å². The number of fused-ring (bicyclic) bond motifs is 5. The minimum atomic E-state index is -1.37. The molecule has 2 aromatic heterocycles. The summed E-state index contributed by atoms with van der Waals surface area (Å²) in [5.41, 5.74) is 1.09. The van der Waals surface area contributed by atoms with Gasteiger partial charge in [0, 0.05) is 10.8 Å². The van der Waals surface area contributed by atoms with Crippen LogP contribution in [0.25, 0.3) is 0 Å². The number of aromatic nitrogens is 2. The molecule has 0 fully saturated rings. The highest BCUT2D eigenvalue weighted by atomic mass is 32.1. The molecule has 0 saturated heterocycles. The molecule has 9 atom stereocenters. The molecule has 15 nitrogen and oxygen atoms in total. The molecule has 1 aromatic carbocycles. The summed E-state index contributed by atoms with van der Waals surface area (Å²) in [5.74, 6) is -2.83. The van der Waals surface area contributed by atoms with E-state index in [4.69, 9.17) is 4.74 Å². The summed E-state index contributed by atoms with van der Waals surface area (Å²) in [6.45, 7) is 12.4. The van der Waals surface area contributed by atoms with Crippen LogP contribution in [0.5, 0.6) is 0 Å². The van der Waals surface area contributed by atoms with Gasteiger partial charge in [-0.25, -0.2) is 15.0 Å². The average molecular weight is 795 g/mol. The van der Waals surface area contributed by atoms with E-state index in [-0.39, 0.29) is 29.1 Å². The number of aliphatic hydroxyl groups is 1. The summed E-state index contributed by atoms with van der Waals surface area (Å²) < 4.78 is 6.13. The van der Waals surface area contributed by atoms with Crippen molar-refractivity contribution in [2.75, 3.05) is 0 Å². The van der Waals surface area contributed by atoms with Crippen LogP contribution < -0.4 is 26.6 Å². The van der Waals surface area contributed by atoms with E-state index in [0.29, 0.717) is 29.3 Å². The number of carbonyl (C=O) groups excluding carboxylic acids is 5. The summed E-state index contributed by atoms with van der Waals surface area (Å²) in [6.07, 6.45) is -0.587. The third kappa shape index (κ3) is 10.3. The molecule has 0 radical (unpaired) electrons. The molecule has 17 heteroatoms. The number of rotatable bonds is 7. The molecular formula is C38H50N8O7S2. The van der Waals surface area contributed by atoms with Crippen LogP contribution >= 0.6 is 22.7 Å². The van der Waals surface area contributed by atoms with Crippen LogP contribution in [0.1, 0.15) is 110 Å². The Morgan fingerprint density at radius 3 is 2.02 bits per heavy atom. The number of carbonyl (C=O) groups is 5. The molecule has 0 spiro atoms. The summed E-state index contributed by atoms with van der Waals surface area (Å²) in [4.78, 5) is 82.2. The molecule has 5 amide bonds. The largest absolute Gasteiger partial charge is 0.474 e. The fraction of sp³-hybridized carbons (Fsp3) is 0.526. The third-order valence-electron chi connectivity index (χ3n) is 9.58. The van der Waals surface area contributed by atoms with Crippen molar-refractivity contribution in [3.05, 3.63) is 68.1 Å². The first-order valence-corrected chi connectivity index (χ1v) is 20.3. The number of ether oxygens (including phenoxy) is 1.